The van der Waals surface area contributed by atoms with Gasteiger partial charge in [0, 0.05) is 0 Å². The molecule has 0 spiro atoms. The van der Waals surface area contributed by atoms with Crippen molar-refractivity contribution in [2.75, 3.05) is 0 Å². The third kappa shape index (κ3) is 17.8. The van der Waals surface area contributed by atoms with Gasteiger partial charge in [0.25, 0.3) is 0 Å². The highest BCUT2D eigenvalue weighted by Crippen LogP contribution is 2.56. The van der Waals surface area contributed by atoms with Crippen LogP contribution < -0.4 is 0 Å². The van der Waals surface area contributed by atoms with Crippen LogP contribution >= 0.6 is 0 Å². The van der Waals surface area contributed by atoms with Gasteiger partial charge in [-0.25, -0.2) is 0 Å². The van der Waals surface area contributed by atoms with Crippen LogP contribution in [0.25, 0.3) is 265 Å². The predicted molar refractivity (Wildman–Crippen MR) is 642 cm³/mol. The average Bonchev–Trinajstić information content (AvgIpc) is 0.700. The molecule has 0 fully saturated rings. The number of hydrogen-bond acceptors (Lipinski definition) is 0. The van der Waals surface area contributed by atoms with Gasteiger partial charge in [-0.3, -0.25) is 0 Å². The highest BCUT2D eigenvalue weighted by Gasteiger charge is 2.29. The van der Waals surface area contributed by atoms with Crippen LogP contribution in [0, 0.1) is 0 Å². The zero-order chi connectivity index (χ0) is 99.8. The maximum absolute atomic E-state index is 2.40. The fourth-order valence-corrected chi connectivity index (χ4v) is 22.9. The smallest absolute Gasteiger partial charge is 0.00139 e. The lowest BCUT2D eigenvalue weighted by atomic mass is 9.78. The van der Waals surface area contributed by atoms with E-state index in [2.05, 4.69) is 619 Å². The third-order valence-electron chi connectivity index (χ3n) is 29.7. The van der Waals surface area contributed by atoms with Gasteiger partial charge in [-0.05, 0) is 289 Å². The Morgan fingerprint density at radius 3 is 0.393 bits per heavy atom. The minimum atomic E-state index is 1.21. The molecule has 0 nitrogen and oxygen atoms in total. The molecule has 27 aromatic rings. The normalized spacial score (nSPS) is 11.2. The van der Waals surface area contributed by atoms with E-state index >= 15 is 0 Å². The molecule has 0 bridgehead atoms. The summed E-state index contributed by atoms with van der Waals surface area (Å²) < 4.78 is 0. The van der Waals surface area contributed by atoms with Gasteiger partial charge in [0.05, 0.1) is 0 Å². The van der Waals surface area contributed by atoms with Crippen molar-refractivity contribution in [2.45, 2.75) is 0 Å². The minimum Gasteiger partial charge on any atom is -0.0622 e. The molecule has 0 unspecified atom stereocenters. The fourth-order valence-electron chi connectivity index (χ4n) is 22.9. The molecule has 0 aliphatic carbocycles. The van der Waals surface area contributed by atoms with E-state index in [0.717, 1.165) is 0 Å². The molecule has 0 N–H and O–H groups in total. The van der Waals surface area contributed by atoms with Gasteiger partial charge in [0.1, 0.15) is 0 Å². The van der Waals surface area contributed by atoms with E-state index in [1.165, 1.54) is 265 Å². The van der Waals surface area contributed by atoms with Crippen LogP contribution in [-0.2, 0) is 0 Å². The summed E-state index contributed by atoms with van der Waals surface area (Å²) in [6, 6.07) is 225. The maximum atomic E-state index is 2.40. The van der Waals surface area contributed by atoms with Crippen LogP contribution in [0.5, 0.6) is 0 Å². The van der Waals surface area contributed by atoms with Crippen molar-refractivity contribution in [2.24, 2.45) is 0 Å². The van der Waals surface area contributed by atoms with Crippen molar-refractivity contribution in [1.29, 1.82) is 0 Å². The average molecular weight is 1900 g/mol. The molecule has 0 atom stereocenters. The monoisotopic (exact) mass is 1900 g/mol. The van der Waals surface area contributed by atoms with Crippen molar-refractivity contribution in [1.82, 2.24) is 0 Å². The summed E-state index contributed by atoms with van der Waals surface area (Å²) in [5.41, 5.74) is 44.2. The standard InChI is InChI=1S/3C50H34/c1-5-19-35(20-6-1)39-31-17-32-40(36-21-7-2-8-22-36)47(39)49-43-27-13-15-29-45(43)50(46-30-16-14-28-44(46)49)48-41(37-23-9-3-10-24-37)33-18-34-42(48)38-25-11-4-12-26-38;1-5-17-35(18-6-1)39-29-31-41(37-21-9-3-10-22-37)47(33-39)49-43-25-13-15-27-45(43)50(46-28-16-14-26-44(46)49)48-34-40(36-19-7-2-8-20-36)30-32-42(48)38-23-11-4-12-24-38;1-5-17-35(18-6-1)39-29-31-45(47(33-39)37-21-9-3-10-22-37)49-41-25-13-15-27-43(41)50(44-28-16-14-26-42(44)49)46-32-30-40(36-19-7-2-8-20-36)34-48(46)38-23-11-4-12-24-38/h3*1-34H. The van der Waals surface area contributed by atoms with Crippen molar-refractivity contribution < 1.29 is 0 Å². The van der Waals surface area contributed by atoms with E-state index in [0.29, 0.717) is 0 Å². The minimum absolute atomic E-state index is 1.21. The Bertz CT molecular complexity index is 8730. The Labute approximate surface area is 877 Å². The second-order valence-corrected chi connectivity index (χ2v) is 38.4. The zero-order valence-corrected chi connectivity index (χ0v) is 82.9. The van der Waals surface area contributed by atoms with Gasteiger partial charge < -0.3 is 0 Å². The van der Waals surface area contributed by atoms with Gasteiger partial charge in [0.2, 0.25) is 0 Å². The second-order valence-electron chi connectivity index (χ2n) is 38.4. The van der Waals surface area contributed by atoms with Crippen LogP contribution in [0.4, 0.5) is 0 Å². The molecule has 27 aromatic carbocycles. The van der Waals surface area contributed by atoms with E-state index in [-0.39, 0.29) is 0 Å². The van der Waals surface area contributed by atoms with Crippen molar-refractivity contribution in [3.05, 3.63) is 619 Å². The van der Waals surface area contributed by atoms with Gasteiger partial charge in [-0.2, -0.15) is 0 Å². The largest absolute Gasteiger partial charge is 0.0622 e. The Morgan fingerprint density at radius 2 is 0.200 bits per heavy atom. The molecule has 0 aliphatic heterocycles. The number of rotatable bonds is 18. The van der Waals surface area contributed by atoms with Gasteiger partial charge >= 0.3 is 0 Å². The molecule has 0 aliphatic rings. The molecule has 0 saturated carbocycles. The predicted octanol–water partition coefficient (Wildman–Crippen LogP) is 42.0. The first-order valence-electron chi connectivity index (χ1n) is 51.8. The van der Waals surface area contributed by atoms with E-state index in [1.807, 2.05) is 0 Å². The third-order valence-corrected chi connectivity index (χ3v) is 29.7. The van der Waals surface area contributed by atoms with E-state index in [9.17, 15) is 0 Å². The van der Waals surface area contributed by atoms with Crippen LogP contribution in [0.2, 0.25) is 0 Å². The van der Waals surface area contributed by atoms with Crippen LogP contribution in [-0.4, -0.2) is 0 Å². The highest BCUT2D eigenvalue weighted by atomic mass is 14.3. The Balaban J connectivity index is 0.000000116. The first-order valence-corrected chi connectivity index (χ1v) is 51.8. The van der Waals surface area contributed by atoms with E-state index in [1.54, 1.807) is 0 Å². The number of fused-ring (bicyclic) bond motifs is 6. The lowest BCUT2D eigenvalue weighted by Gasteiger charge is -2.24. The van der Waals surface area contributed by atoms with Crippen molar-refractivity contribution >= 4 is 64.6 Å². The highest BCUT2D eigenvalue weighted by molar-refractivity contribution is 6.28. The molecular formula is C150H102. The topological polar surface area (TPSA) is 0 Å². The molecule has 702 valence electrons. The maximum Gasteiger partial charge on any atom is -0.00139 e. The summed E-state index contributed by atoms with van der Waals surface area (Å²) in [6.07, 6.45) is 0. The van der Waals surface area contributed by atoms with Crippen LogP contribution in [0.3, 0.4) is 0 Å². The Hall–Kier alpha value is -19.5. The lowest BCUT2D eigenvalue weighted by Crippen LogP contribution is -1.97. The van der Waals surface area contributed by atoms with Crippen molar-refractivity contribution in [3.8, 4) is 200 Å². The molecule has 0 heteroatoms. The molecule has 0 aromatic heterocycles. The molecular weight excluding hydrogens is 1800 g/mol. The SMILES string of the molecule is c1ccc(-c2ccc(-c3c4ccccc4c(-c4ccc(-c5ccccc5)cc4-c4ccccc4)c4ccccc34)c(-c3ccccc3)c2)cc1.c1ccc(-c2ccc(-c3ccccc3)c(-c3c4ccccc4c(-c4cc(-c5ccccc5)ccc4-c4ccccc4)c4ccccc34)c2)cc1.c1ccc(-c2cccc(-c3ccccc3)c2-c2c3ccccc3c(-c3c(-c4ccccc4)cccc3-c3ccccc3)c3ccccc23)cc1. The molecule has 0 amide bonds. The molecule has 0 saturated heterocycles. The molecule has 150 heavy (non-hydrogen) atoms. The Kier molecular flexibility index (Phi) is 25.5. The van der Waals surface area contributed by atoms with Gasteiger partial charge in [-0.15, -0.1) is 0 Å². The first kappa shape index (κ1) is 91.7. The van der Waals surface area contributed by atoms with Gasteiger partial charge in [0.15, 0.2) is 0 Å². The van der Waals surface area contributed by atoms with E-state index in [4.69, 9.17) is 0 Å². The zero-order valence-electron chi connectivity index (χ0n) is 82.9. The molecule has 0 heterocycles. The molecule has 0 radical (unpaired) electrons. The fraction of sp³-hybridized carbons (Fsp3) is 0. The Morgan fingerprint density at radius 1 is 0.0600 bits per heavy atom. The second kappa shape index (κ2) is 41.7. The first-order chi connectivity index (χ1) is 74.5. The number of benzene rings is 27. The summed E-state index contributed by atoms with van der Waals surface area (Å²) in [7, 11) is 0. The summed E-state index contributed by atoms with van der Waals surface area (Å²) in [6.45, 7) is 0. The van der Waals surface area contributed by atoms with Crippen LogP contribution in [0.1, 0.15) is 0 Å². The quantitative estimate of drug-likeness (QED) is 0.0751. The van der Waals surface area contributed by atoms with Gasteiger partial charge in [-0.1, -0.05) is 595 Å². The van der Waals surface area contributed by atoms with E-state index < -0.39 is 0 Å². The number of hydrogen-bond donors (Lipinski definition) is 0. The van der Waals surface area contributed by atoms with Crippen LogP contribution in [0.15, 0.2) is 619 Å². The summed E-state index contributed by atoms with van der Waals surface area (Å²) in [5.74, 6) is 0. The summed E-state index contributed by atoms with van der Waals surface area (Å²) >= 11 is 0. The molecule has 27 rings (SSSR count). The summed E-state index contributed by atoms with van der Waals surface area (Å²) in [4.78, 5) is 0. The van der Waals surface area contributed by atoms with Crippen molar-refractivity contribution in [3.63, 3.8) is 0 Å². The summed E-state index contributed by atoms with van der Waals surface area (Å²) in [5, 5.41) is 14.9. The lowest BCUT2D eigenvalue weighted by molar-refractivity contribution is 1.57.